The standard InChI is InChI=1S/C17H14BrN3O3S2/c18-13-6-8-14(9-7-13)20-16(22)12-21(17-19-10-11-25-17)26(23,24)15-4-2-1-3-5-15/h1-11H,12H2,(H,20,22). The van der Waals surface area contributed by atoms with Gasteiger partial charge in [-0.15, -0.1) is 11.3 Å². The number of carbonyl (C=O) groups excluding carboxylic acids is 1. The molecule has 0 spiro atoms. The van der Waals surface area contributed by atoms with Gasteiger partial charge in [0, 0.05) is 21.7 Å². The van der Waals surface area contributed by atoms with Crippen LogP contribution < -0.4 is 9.62 Å². The lowest BCUT2D eigenvalue weighted by Gasteiger charge is -2.21. The maximum Gasteiger partial charge on any atom is 0.266 e. The summed E-state index contributed by atoms with van der Waals surface area (Å²) in [4.78, 5) is 16.6. The van der Waals surface area contributed by atoms with Crippen molar-refractivity contribution in [3.05, 3.63) is 70.6 Å². The van der Waals surface area contributed by atoms with Crippen molar-refractivity contribution in [2.24, 2.45) is 0 Å². The molecule has 0 atom stereocenters. The highest BCUT2D eigenvalue weighted by atomic mass is 79.9. The molecule has 0 fully saturated rings. The molecule has 1 aromatic heterocycles. The number of anilines is 2. The second kappa shape index (κ2) is 7.98. The molecule has 3 aromatic rings. The number of rotatable bonds is 6. The summed E-state index contributed by atoms with van der Waals surface area (Å²) in [6.45, 7) is -0.374. The number of thiazole rings is 1. The van der Waals surface area contributed by atoms with Crippen LogP contribution in [0.25, 0.3) is 0 Å². The molecule has 1 amide bonds. The smallest absolute Gasteiger partial charge is 0.266 e. The molecule has 1 N–H and O–H groups in total. The molecule has 2 aromatic carbocycles. The van der Waals surface area contributed by atoms with Gasteiger partial charge in [-0.05, 0) is 36.4 Å². The number of carbonyl (C=O) groups is 1. The van der Waals surface area contributed by atoms with E-state index in [-0.39, 0.29) is 16.6 Å². The zero-order valence-electron chi connectivity index (χ0n) is 13.4. The average molecular weight is 452 g/mol. The van der Waals surface area contributed by atoms with Crippen LogP contribution in [0.3, 0.4) is 0 Å². The van der Waals surface area contributed by atoms with Crippen LogP contribution in [0.15, 0.2) is 75.5 Å². The van der Waals surface area contributed by atoms with Gasteiger partial charge in [-0.1, -0.05) is 34.1 Å². The molecule has 0 radical (unpaired) electrons. The summed E-state index contributed by atoms with van der Waals surface area (Å²) in [6, 6.07) is 15.0. The molecule has 3 rings (SSSR count). The molecule has 0 unspecified atom stereocenters. The predicted octanol–water partition coefficient (Wildman–Crippen LogP) is 3.74. The summed E-state index contributed by atoms with van der Waals surface area (Å²) in [5, 5.41) is 4.59. The quantitative estimate of drug-likeness (QED) is 0.618. The molecule has 0 saturated heterocycles. The van der Waals surface area contributed by atoms with Gasteiger partial charge in [0.2, 0.25) is 5.91 Å². The molecule has 0 aliphatic rings. The first-order chi connectivity index (χ1) is 12.5. The van der Waals surface area contributed by atoms with Crippen LogP contribution in [-0.2, 0) is 14.8 Å². The summed E-state index contributed by atoms with van der Waals surface area (Å²) in [7, 11) is -3.91. The van der Waals surface area contributed by atoms with E-state index in [2.05, 4.69) is 26.2 Å². The first-order valence-corrected chi connectivity index (χ1v) is 10.6. The van der Waals surface area contributed by atoms with Gasteiger partial charge >= 0.3 is 0 Å². The number of sulfonamides is 1. The Kier molecular flexibility index (Phi) is 5.70. The van der Waals surface area contributed by atoms with E-state index >= 15 is 0 Å². The minimum absolute atomic E-state index is 0.103. The lowest BCUT2D eigenvalue weighted by Crippen LogP contribution is -2.38. The highest BCUT2D eigenvalue weighted by Crippen LogP contribution is 2.25. The number of benzene rings is 2. The zero-order valence-corrected chi connectivity index (χ0v) is 16.6. The fourth-order valence-corrected chi connectivity index (χ4v) is 4.71. The first-order valence-electron chi connectivity index (χ1n) is 7.49. The van der Waals surface area contributed by atoms with Crippen molar-refractivity contribution in [3.63, 3.8) is 0 Å². The molecular formula is C17H14BrN3O3S2. The van der Waals surface area contributed by atoms with E-state index in [4.69, 9.17) is 0 Å². The van der Waals surface area contributed by atoms with Crippen molar-refractivity contribution in [1.82, 2.24) is 4.98 Å². The van der Waals surface area contributed by atoms with Crippen LogP contribution in [0, 0.1) is 0 Å². The van der Waals surface area contributed by atoms with Gasteiger partial charge in [0.1, 0.15) is 6.54 Å². The van der Waals surface area contributed by atoms with E-state index in [0.717, 1.165) is 20.1 Å². The van der Waals surface area contributed by atoms with Crippen LogP contribution >= 0.6 is 27.3 Å². The third kappa shape index (κ3) is 4.29. The van der Waals surface area contributed by atoms with Crippen molar-refractivity contribution in [2.75, 3.05) is 16.2 Å². The van der Waals surface area contributed by atoms with Crippen LogP contribution in [0.4, 0.5) is 10.8 Å². The SMILES string of the molecule is O=C(CN(c1nccs1)S(=O)(=O)c1ccccc1)Nc1ccc(Br)cc1. The van der Waals surface area contributed by atoms with Gasteiger partial charge in [0.15, 0.2) is 5.13 Å². The van der Waals surface area contributed by atoms with Gasteiger partial charge in [-0.2, -0.15) is 0 Å². The number of halogens is 1. The Labute approximate surface area is 163 Å². The van der Waals surface area contributed by atoms with E-state index in [9.17, 15) is 13.2 Å². The largest absolute Gasteiger partial charge is 0.325 e. The Morgan fingerprint density at radius 2 is 1.81 bits per heavy atom. The predicted molar refractivity (Wildman–Crippen MR) is 106 cm³/mol. The Hall–Kier alpha value is -2.23. The van der Waals surface area contributed by atoms with Crippen molar-refractivity contribution in [1.29, 1.82) is 0 Å². The second-order valence-corrected chi connectivity index (χ2v) is 8.85. The summed E-state index contributed by atoms with van der Waals surface area (Å²) >= 11 is 4.48. The van der Waals surface area contributed by atoms with E-state index in [0.29, 0.717) is 5.69 Å². The molecule has 26 heavy (non-hydrogen) atoms. The number of hydrogen-bond donors (Lipinski definition) is 1. The third-order valence-electron chi connectivity index (χ3n) is 3.38. The monoisotopic (exact) mass is 451 g/mol. The number of amides is 1. The first kappa shape index (κ1) is 18.6. The lowest BCUT2D eigenvalue weighted by atomic mass is 10.3. The summed E-state index contributed by atoms with van der Waals surface area (Å²) in [5.41, 5.74) is 0.578. The second-order valence-electron chi connectivity index (χ2n) is 5.19. The van der Waals surface area contributed by atoms with Crippen molar-refractivity contribution >= 4 is 54.0 Å². The van der Waals surface area contributed by atoms with Gasteiger partial charge in [0.25, 0.3) is 10.0 Å². The number of aromatic nitrogens is 1. The van der Waals surface area contributed by atoms with Crippen molar-refractivity contribution in [2.45, 2.75) is 4.90 Å². The zero-order chi connectivity index (χ0) is 18.6. The highest BCUT2D eigenvalue weighted by Gasteiger charge is 2.28. The van der Waals surface area contributed by atoms with Crippen LogP contribution in [0.2, 0.25) is 0 Å². The molecule has 0 aliphatic carbocycles. The molecule has 0 aliphatic heterocycles. The minimum Gasteiger partial charge on any atom is -0.325 e. The van der Waals surface area contributed by atoms with Gasteiger partial charge < -0.3 is 5.32 Å². The molecular weight excluding hydrogens is 438 g/mol. The maximum atomic E-state index is 13.0. The van der Waals surface area contributed by atoms with Crippen LogP contribution in [-0.4, -0.2) is 25.9 Å². The Bertz CT molecular complexity index is 976. The maximum absolute atomic E-state index is 13.0. The lowest BCUT2D eigenvalue weighted by molar-refractivity contribution is -0.114. The Morgan fingerprint density at radius 3 is 2.42 bits per heavy atom. The van der Waals surface area contributed by atoms with Gasteiger partial charge in [0.05, 0.1) is 4.90 Å². The van der Waals surface area contributed by atoms with Crippen LogP contribution in [0.5, 0.6) is 0 Å². The van der Waals surface area contributed by atoms with Crippen molar-refractivity contribution < 1.29 is 13.2 Å². The van der Waals surface area contributed by atoms with Crippen molar-refractivity contribution in [3.8, 4) is 0 Å². The topological polar surface area (TPSA) is 79.4 Å². The van der Waals surface area contributed by atoms with E-state index in [1.807, 2.05) is 0 Å². The summed E-state index contributed by atoms with van der Waals surface area (Å²) in [5.74, 6) is -0.456. The molecule has 1 heterocycles. The van der Waals surface area contributed by atoms with Crippen LogP contribution in [0.1, 0.15) is 0 Å². The average Bonchev–Trinajstić information content (AvgIpc) is 3.16. The normalized spacial score (nSPS) is 11.1. The highest BCUT2D eigenvalue weighted by molar-refractivity contribution is 9.10. The molecule has 0 bridgehead atoms. The number of hydrogen-bond acceptors (Lipinski definition) is 5. The Morgan fingerprint density at radius 1 is 1.12 bits per heavy atom. The summed E-state index contributed by atoms with van der Waals surface area (Å²) in [6.07, 6.45) is 1.50. The minimum atomic E-state index is -3.91. The summed E-state index contributed by atoms with van der Waals surface area (Å²) < 4.78 is 27.8. The Balaban J connectivity index is 1.86. The fourth-order valence-electron chi connectivity index (χ4n) is 2.18. The third-order valence-corrected chi connectivity index (χ3v) is 6.57. The number of nitrogens with one attached hydrogen (secondary N) is 1. The molecule has 134 valence electrons. The van der Waals surface area contributed by atoms with Gasteiger partial charge in [-0.3, -0.25) is 4.79 Å². The molecule has 9 heteroatoms. The number of nitrogens with zero attached hydrogens (tertiary/aromatic N) is 2. The fraction of sp³-hybridized carbons (Fsp3) is 0.0588. The molecule has 0 saturated carbocycles. The van der Waals surface area contributed by atoms with E-state index < -0.39 is 15.9 Å². The van der Waals surface area contributed by atoms with Gasteiger partial charge in [-0.25, -0.2) is 17.7 Å². The van der Waals surface area contributed by atoms with E-state index in [1.54, 1.807) is 47.8 Å². The van der Waals surface area contributed by atoms with E-state index in [1.165, 1.54) is 18.3 Å². The molecule has 6 nitrogen and oxygen atoms in total.